The highest BCUT2D eigenvalue weighted by atomic mass is 16.5. The topological polar surface area (TPSA) is 67.6 Å². The van der Waals surface area contributed by atoms with E-state index in [1.807, 2.05) is 12.1 Å². The second-order valence-corrected chi connectivity index (χ2v) is 5.18. The van der Waals surface area contributed by atoms with Gasteiger partial charge in [-0.2, -0.15) is 0 Å². The Morgan fingerprint density at radius 2 is 2.00 bits per heavy atom. The van der Waals surface area contributed by atoms with E-state index in [4.69, 9.17) is 10.5 Å². The lowest BCUT2D eigenvalue weighted by Gasteiger charge is -2.26. The van der Waals surface area contributed by atoms with Gasteiger partial charge in [-0.3, -0.25) is 9.69 Å². The monoisotopic (exact) mass is 277 g/mol. The molecular formula is C15H23N3O2. The molecule has 0 saturated carbocycles. The van der Waals surface area contributed by atoms with Gasteiger partial charge in [-0.05, 0) is 31.0 Å². The van der Waals surface area contributed by atoms with Gasteiger partial charge in [0.25, 0.3) is 0 Å². The molecular weight excluding hydrogens is 254 g/mol. The number of nitrogens with two attached hydrogens (primary N) is 1. The molecule has 0 aromatic heterocycles. The van der Waals surface area contributed by atoms with Crippen LogP contribution in [0.3, 0.4) is 0 Å². The molecule has 1 amide bonds. The molecule has 5 nitrogen and oxygen atoms in total. The van der Waals surface area contributed by atoms with Crippen molar-refractivity contribution in [1.29, 1.82) is 0 Å². The van der Waals surface area contributed by atoms with Crippen molar-refractivity contribution < 1.29 is 9.53 Å². The van der Waals surface area contributed by atoms with Crippen LogP contribution in [0.4, 0.5) is 5.69 Å². The molecule has 1 fully saturated rings. The molecule has 110 valence electrons. The van der Waals surface area contributed by atoms with Crippen LogP contribution in [0.25, 0.3) is 0 Å². The molecule has 1 saturated heterocycles. The SMILES string of the molecule is CC(N)C(=O)Nc1ccc(CCN2CCOCC2)cc1. The summed E-state index contributed by atoms with van der Waals surface area (Å²) < 4.78 is 5.33. The fourth-order valence-electron chi connectivity index (χ4n) is 2.12. The zero-order valence-electron chi connectivity index (χ0n) is 12.0. The minimum absolute atomic E-state index is 0.161. The molecule has 20 heavy (non-hydrogen) atoms. The van der Waals surface area contributed by atoms with Crippen molar-refractivity contribution in [3.63, 3.8) is 0 Å². The number of nitrogens with zero attached hydrogens (tertiary/aromatic N) is 1. The van der Waals surface area contributed by atoms with E-state index in [9.17, 15) is 4.79 Å². The van der Waals surface area contributed by atoms with Crippen LogP contribution in [-0.4, -0.2) is 49.7 Å². The number of ether oxygens (including phenoxy) is 1. The lowest BCUT2D eigenvalue weighted by atomic mass is 10.1. The maximum absolute atomic E-state index is 11.5. The number of anilines is 1. The molecule has 3 N–H and O–H groups in total. The number of benzene rings is 1. The van der Waals surface area contributed by atoms with E-state index in [2.05, 4.69) is 22.3 Å². The van der Waals surface area contributed by atoms with Gasteiger partial charge in [0, 0.05) is 25.3 Å². The van der Waals surface area contributed by atoms with Gasteiger partial charge in [-0.1, -0.05) is 12.1 Å². The van der Waals surface area contributed by atoms with Gasteiger partial charge < -0.3 is 15.8 Å². The van der Waals surface area contributed by atoms with Gasteiger partial charge in [0.05, 0.1) is 19.3 Å². The molecule has 1 aromatic rings. The Balaban J connectivity index is 1.80. The molecule has 1 unspecified atom stereocenters. The van der Waals surface area contributed by atoms with Gasteiger partial charge in [0.15, 0.2) is 0 Å². The quantitative estimate of drug-likeness (QED) is 0.837. The van der Waals surface area contributed by atoms with E-state index >= 15 is 0 Å². The summed E-state index contributed by atoms with van der Waals surface area (Å²) >= 11 is 0. The summed E-state index contributed by atoms with van der Waals surface area (Å²) in [6.07, 6.45) is 1.02. The third-order valence-corrected chi connectivity index (χ3v) is 3.46. The van der Waals surface area contributed by atoms with Gasteiger partial charge in [0.1, 0.15) is 0 Å². The standard InChI is InChI=1S/C15H23N3O2/c1-12(16)15(19)17-14-4-2-13(3-5-14)6-7-18-8-10-20-11-9-18/h2-5,12H,6-11,16H2,1H3,(H,17,19). The first-order chi connectivity index (χ1) is 9.65. The van der Waals surface area contributed by atoms with Crippen LogP contribution in [0.5, 0.6) is 0 Å². The first-order valence-corrected chi connectivity index (χ1v) is 7.10. The fraction of sp³-hybridized carbons (Fsp3) is 0.533. The molecule has 1 atom stereocenters. The molecule has 1 aromatic carbocycles. The third-order valence-electron chi connectivity index (χ3n) is 3.46. The molecule has 1 aliphatic rings. The predicted octanol–water partition coefficient (Wildman–Crippen LogP) is 0.847. The lowest BCUT2D eigenvalue weighted by molar-refractivity contribution is -0.117. The minimum Gasteiger partial charge on any atom is -0.379 e. The van der Waals surface area contributed by atoms with Crippen molar-refractivity contribution >= 4 is 11.6 Å². The van der Waals surface area contributed by atoms with Crippen LogP contribution in [0.15, 0.2) is 24.3 Å². The number of morpholine rings is 1. The van der Waals surface area contributed by atoms with Gasteiger partial charge in [-0.25, -0.2) is 0 Å². The van der Waals surface area contributed by atoms with E-state index < -0.39 is 6.04 Å². The number of carbonyl (C=O) groups is 1. The minimum atomic E-state index is -0.490. The van der Waals surface area contributed by atoms with Crippen molar-refractivity contribution in [1.82, 2.24) is 4.90 Å². The molecule has 5 heteroatoms. The Hall–Kier alpha value is -1.43. The average molecular weight is 277 g/mol. The Bertz CT molecular complexity index is 425. The highest BCUT2D eigenvalue weighted by Gasteiger charge is 2.10. The van der Waals surface area contributed by atoms with Gasteiger partial charge in [-0.15, -0.1) is 0 Å². The number of hydrogen-bond donors (Lipinski definition) is 2. The molecule has 1 aliphatic heterocycles. The Morgan fingerprint density at radius 1 is 1.35 bits per heavy atom. The van der Waals surface area contributed by atoms with Crippen molar-refractivity contribution in [3.05, 3.63) is 29.8 Å². The zero-order valence-corrected chi connectivity index (χ0v) is 12.0. The highest BCUT2D eigenvalue weighted by Crippen LogP contribution is 2.11. The second-order valence-electron chi connectivity index (χ2n) is 5.18. The first-order valence-electron chi connectivity index (χ1n) is 7.10. The summed E-state index contributed by atoms with van der Waals surface area (Å²) in [5, 5.41) is 2.78. The maximum Gasteiger partial charge on any atom is 0.240 e. The van der Waals surface area contributed by atoms with Crippen LogP contribution in [0.1, 0.15) is 12.5 Å². The summed E-state index contributed by atoms with van der Waals surface area (Å²) in [6.45, 7) is 6.43. The number of nitrogens with one attached hydrogen (secondary N) is 1. The van der Waals surface area contributed by atoms with Crippen molar-refractivity contribution in [3.8, 4) is 0 Å². The van der Waals surface area contributed by atoms with E-state index in [-0.39, 0.29) is 5.91 Å². The number of rotatable bonds is 5. The number of hydrogen-bond acceptors (Lipinski definition) is 4. The molecule has 2 rings (SSSR count). The Kier molecular flexibility index (Phi) is 5.52. The maximum atomic E-state index is 11.5. The van der Waals surface area contributed by atoms with Crippen molar-refractivity contribution in [2.45, 2.75) is 19.4 Å². The zero-order chi connectivity index (χ0) is 14.4. The van der Waals surface area contributed by atoms with Crippen LogP contribution in [-0.2, 0) is 16.0 Å². The molecule has 0 bridgehead atoms. The van der Waals surface area contributed by atoms with Gasteiger partial charge >= 0.3 is 0 Å². The Labute approximate surface area is 120 Å². The fourth-order valence-corrected chi connectivity index (χ4v) is 2.12. The third kappa shape index (κ3) is 4.59. The summed E-state index contributed by atoms with van der Waals surface area (Å²) in [7, 11) is 0. The van der Waals surface area contributed by atoms with E-state index in [1.54, 1.807) is 6.92 Å². The van der Waals surface area contributed by atoms with Gasteiger partial charge in [0.2, 0.25) is 5.91 Å². The van der Waals surface area contributed by atoms with Crippen LogP contribution in [0, 0.1) is 0 Å². The van der Waals surface area contributed by atoms with Crippen LogP contribution in [0.2, 0.25) is 0 Å². The molecule has 0 aliphatic carbocycles. The van der Waals surface area contributed by atoms with Crippen molar-refractivity contribution in [2.75, 3.05) is 38.2 Å². The van der Waals surface area contributed by atoms with Crippen molar-refractivity contribution in [2.24, 2.45) is 5.73 Å². The predicted molar refractivity (Wildman–Crippen MR) is 79.7 cm³/mol. The second kappa shape index (κ2) is 7.38. The molecule has 0 spiro atoms. The molecule has 0 radical (unpaired) electrons. The normalized spacial score (nSPS) is 17.7. The summed E-state index contributed by atoms with van der Waals surface area (Å²) in [4.78, 5) is 13.9. The molecule has 1 heterocycles. The number of carbonyl (C=O) groups excluding carboxylic acids is 1. The Morgan fingerprint density at radius 3 is 2.60 bits per heavy atom. The van der Waals surface area contributed by atoms with E-state index in [1.165, 1.54) is 5.56 Å². The van der Waals surface area contributed by atoms with E-state index in [0.29, 0.717) is 0 Å². The van der Waals surface area contributed by atoms with Crippen LogP contribution < -0.4 is 11.1 Å². The average Bonchev–Trinajstić information content (AvgIpc) is 2.47. The summed E-state index contributed by atoms with van der Waals surface area (Å²) in [5.74, 6) is -0.161. The largest absolute Gasteiger partial charge is 0.379 e. The highest BCUT2D eigenvalue weighted by molar-refractivity contribution is 5.94. The summed E-state index contributed by atoms with van der Waals surface area (Å²) in [5.41, 5.74) is 7.58. The lowest BCUT2D eigenvalue weighted by Crippen LogP contribution is -2.37. The first kappa shape index (κ1) is 15.0. The number of amides is 1. The summed E-state index contributed by atoms with van der Waals surface area (Å²) in [6, 6.07) is 7.47. The van der Waals surface area contributed by atoms with Crippen LogP contribution >= 0.6 is 0 Å². The smallest absolute Gasteiger partial charge is 0.240 e. The van der Waals surface area contributed by atoms with E-state index in [0.717, 1.165) is 45.0 Å².